The van der Waals surface area contributed by atoms with Crippen LogP contribution in [0.25, 0.3) is 0 Å². The number of likely N-dealkylation sites (tertiary alicyclic amines) is 1. The molecule has 0 aromatic heterocycles. The van der Waals surface area contributed by atoms with E-state index in [9.17, 15) is 5.11 Å². The van der Waals surface area contributed by atoms with E-state index in [2.05, 4.69) is 43.0 Å². The van der Waals surface area contributed by atoms with Gasteiger partial charge in [-0.2, -0.15) is 0 Å². The SMILES string of the molecule is COc1cc(CN2CCCC2)ccc1OCC[C@H]1CCC2C3C(CCC21C)c1ccc(O)cc1C[C@H]3C. The van der Waals surface area contributed by atoms with Crippen molar-refractivity contribution in [1.29, 1.82) is 0 Å². The van der Waals surface area contributed by atoms with Crippen LogP contribution in [0.15, 0.2) is 36.4 Å². The molecule has 1 aliphatic heterocycles. The largest absolute Gasteiger partial charge is 0.508 e. The van der Waals surface area contributed by atoms with Gasteiger partial charge in [0.15, 0.2) is 11.5 Å². The lowest BCUT2D eigenvalue weighted by atomic mass is 9.51. The molecule has 0 spiro atoms. The Hall–Kier alpha value is -2.20. The zero-order valence-electron chi connectivity index (χ0n) is 23.0. The predicted molar refractivity (Wildman–Crippen MR) is 148 cm³/mol. The number of rotatable bonds is 7. The first-order valence-electron chi connectivity index (χ1n) is 14.8. The van der Waals surface area contributed by atoms with Crippen molar-refractivity contribution in [3.05, 3.63) is 53.1 Å². The second-order valence-electron chi connectivity index (χ2n) is 12.8. The van der Waals surface area contributed by atoms with Crippen LogP contribution < -0.4 is 9.47 Å². The molecule has 0 bridgehead atoms. The van der Waals surface area contributed by atoms with Gasteiger partial charge in [-0.25, -0.2) is 0 Å². The first-order valence-corrected chi connectivity index (χ1v) is 14.8. The zero-order valence-corrected chi connectivity index (χ0v) is 23.0. The molecule has 2 saturated carbocycles. The summed E-state index contributed by atoms with van der Waals surface area (Å²) in [6.07, 6.45) is 10.1. The lowest BCUT2D eigenvalue weighted by molar-refractivity contribution is 0.000862. The van der Waals surface area contributed by atoms with Gasteiger partial charge in [0.1, 0.15) is 5.75 Å². The molecule has 37 heavy (non-hydrogen) atoms. The Kier molecular flexibility index (Phi) is 6.90. The summed E-state index contributed by atoms with van der Waals surface area (Å²) in [4.78, 5) is 2.52. The number of methoxy groups -OCH3 is 1. The van der Waals surface area contributed by atoms with Crippen LogP contribution in [0.4, 0.5) is 0 Å². The molecule has 3 aliphatic carbocycles. The smallest absolute Gasteiger partial charge is 0.161 e. The topological polar surface area (TPSA) is 41.9 Å². The first kappa shape index (κ1) is 25.1. The van der Waals surface area contributed by atoms with Gasteiger partial charge in [0.25, 0.3) is 0 Å². The van der Waals surface area contributed by atoms with E-state index in [1.54, 1.807) is 7.11 Å². The van der Waals surface area contributed by atoms with Gasteiger partial charge in [-0.15, -0.1) is 0 Å². The number of hydrogen-bond donors (Lipinski definition) is 1. The maximum atomic E-state index is 10.0. The number of phenols is 1. The Morgan fingerprint density at radius 1 is 1.03 bits per heavy atom. The van der Waals surface area contributed by atoms with Crippen molar-refractivity contribution >= 4 is 0 Å². The van der Waals surface area contributed by atoms with Gasteiger partial charge in [-0.05, 0) is 140 Å². The highest BCUT2D eigenvalue weighted by molar-refractivity contribution is 5.43. The van der Waals surface area contributed by atoms with Gasteiger partial charge in [-0.3, -0.25) is 4.90 Å². The van der Waals surface area contributed by atoms with Crippen molar-refractivity contribution in [2.45, 2.75) is 77.7 Å². The second kappa shape index (κ2) is 10.2. The highest BCUT2D eigenvalue weighted by atomic mass is 16.5. The molecule has 4 aliphatic rings. The maximum absolute atomic E-state index is 10.0. The molecule has 0 amide bonds. The van der Waals surface area contributed by atoms with Crippen molar-refractivity contribution in [3.63, 3.8) is 0 Å². The van der Waals surface area contributed by atoms with Crippen LogP contribution in [0.2, 0.25) is 0 Å². The van der Waals surface area contributed by atoms with E-state index in [1.165, 1.54) is 68.3 Å². The van der Waals surface area contributed by atoms with Gasteiger partial charge >= 0.3 is 0 Å². The van der Waals surface area contributed by atoms with Crippen LogP contribution in [0.5, 0.6) is 17.2 Å². The van der Waals surface area contributed by atoms with Crippen molar-refractivity contribution in [2.24, 2.45) is 29.1 Å². The molecule has 200 valence electrons. The molecule has 1 saturated heterocycles. The molecule has 2 aromatic rings. The lowest BCUT2D eigenvalue weighted by Gasteiger charge is -2.53. The molecule has 2 aromatic carbocycles. The number of phenolic OH excluding ortho intramolecular Hbond substituents is 1. The van der Waals surface area contributed by atoms with E-state index in [-0.39, 0.29) is 0 Å². The minimum atomic E-state index is 0.414. The third kappa shape index (κ3) is 4.64. The molecule has 1 N–H and O–H groups in total. The molecule has 6 atom stereocenters. The van der Waals surface area contributed by atoms with E-state index < -0.39 is 0 Å². The monoisotopic (exact) mass is 503 g/mol. The summed E-state index contributed by atoms with van der Waals surface area (Å²) in [7, 11) is 1.76. The highest BCUT2D eigenvalue weighted by Gasteiger charge is 2.55. The second-order valence-corrected chi connectivity index (χ2v) is 12.8. The molecule has 4 nitrogen and oxygen atoms in total. The number of aromatic hydroxyl groups is 1. The Morgan fingerprint density at radius 3 is 2.68 bits per heavy atom. The van der Waals surface area contributed by atoms with Crippen LogP contribution >= 0.6 is 0 Å². The van der Waals surface area contributed by atoms with Crippen molar-refractivity contribution in [2.75, 3.05) is 26.8 Å². The number of fused-ring (bicyclic) bond motifs is 5. The number of benzene rings is 2. The van der Waals surface area contributed by atoms with Gasteiger partial charge < -0.3 is 14.6 Å². The van der Waals surface area contributed by atoms with Crippen LogP contribution in [-0.2, 0) is 13.0 Å². The van der Waals surface area contributed by atoms with Crippen LogP contribution in [0.1, 0.15) is 81.4 Å². The van der Waals surface area contributed by atoms with E-state index in [1.807, 2.05) is 12.1 Å². The number of hydrogen-bond acceptors (Lipinski definition) is 4. The summed E-state index contributed by atoms with van der Waals surface area (Å²) in [5.41, 5.74) is 4.64. The Bertz CT molecular complexity index is 1110. The summed E-state index contributed by atoms with van der Waals surface area (Å²) in [5.74, 6) is 5.82. The molecule has 4 heteroatoms. The Labute approximate surface area is 223 Å². The zero-order chi connectivity index (χ0) is 25.6. The van der Waals surface area contributed by atoms with Gasteiger partial charge in [0.05, 0.1) is 13.7 Å². The summed E-state index contributed by atoms with van der Waals surface area (Å²) in [6, 6.07) is 12.7. The molecular weight excluding hydrogens is 458 g/mol. The van der Waals surface area contributed by atoms with E-state index >= 15 is 0 Å². The minimum Gasteiger partial charge on any atom is -0.508 e. The predicted octanol–water partition coefficient (Wildman–Crippen LogP) is 7.18. The number of nitrogens with zero attached hydrogens (tertiary/aromatic N) is 1. The molecule has 6 rings (SSSR count). The minimum absolute atomic E-state index is 0.414. The molecule has 3 fully saturated rings. The van der Waals surface area contributed by atoms with Crippen LogP contribution in [-0.4, -0.2) is 36.8 Å². The lowest BCUT2D eigenvalue weighted by Crippen LogP contribution is -2.45. The molecule has 0 radical (unpaired) electrons. The normalized spacial score (nSPS) is 33.0. The van der Waals surface area contributed by atoms with E-state index in [4.69, 9.17) is 9.47 Å². The molecule has 1 heterocycles. The maximum Gasteiger partial charge on any atom is 0.161 e. The van der Waals surface area contributed by atoms with Crippen LogP contribution in [0.3, 0.4) is 0 Å². The first-order chi connectivity index (χ1) is 18.0. The third-order valence-electron chi connectivity index (χ3n) is 10.8. The van der Waals surface area contributed by atoms with Crippen molar-refractivity contribution in [1.82, 2.24) is 4.90 Å². The van der Waals surface area contributed by atoms with Gasteiger partial charge in [0.2, 0.25) is 0 Å². The average molecular weight is 504 g/mol. The average Bonchev–Trinajstić information content (AvgIpc) is 3.52. The molecular formula is C33H45NO3. The van der Waals surface area contributed by atoms with E-state index in [0.29, 0.717) is 23.0 Å². The van der Waals surface area contributed by atoms with Crippen LogP contribution in [0, 0.1) is 29.1 Å². The Morgan fingerprint density at radius 2 is 1.86 bits per heavy atom. The third-order valence-corrected chi connectivity index (χ3v) is 10.8. The van der Waals surface area contributed by atoms with Gasteiger partial charge in [-0.1, -0.05) is 26.0 Å². The summed E-state index contributed by atoms with van der Waals surface area (Å²) >= 11 is 0. The summed E-state index contributed by atoms with van der Waals surface area (Å²) in [5, 5.41) is 10.0. The standard InChI is InChI=1S/C33H45NO3/c1-22-18-24-20-26(35)8-9-27(24)28-12-14-33(2)25(7-10-29(33)32(22)28)13-17-37-30-11-6-23(19-31(30)36-3)21-34-15-4-5-16-34/h6,8-9,11,19-20,22,25,28-29,32,35H,4-5,7,10,12-18,21H2,1-3H3/t22-,25-,28?,29?,32?,33?/m1/s1. The Balaban J connectivity index is 1.10. The quantitative estimate of drug-likeness (QED) is 0.434. The highest BCUT2D eigenvalue weighted by Crippen LogP contribution is 2.64. The fourth-order valence-corrected chi connectivity index (χ4v) is 8.99. The van der Waals surface area contributed by atoms with Crippen molar-refractivity contribution in [3.8, 4) is 17.2 Å². The molecule has 4 unspecified atom stereocenters. The van der Waals surface area contributed by atoms with Gasteiger partial charge in [0, 0.05) is 6.54 Å². The summed E-state index contributed by atoms with van der Waals surface area (Å²) < 4.78 is 12.1. The fraction of sp³-hybridized carbons (Fsp3) is 0.636. The van der Waals surface area contributed by atoms with E-state index in [0.717, 1.165) is 55.2 Å². The van der Waals surface area contributed by atoms with Crippen molar-refractivity contribution < 1.29 is 14.6 Å². The number of ether oxygens (including phenoxy) is 2. The fourth-order valence-electron chi connectivity index (χ4n) is 8.99. The summed E-state index contributed by atoms with van der Waals surface area (Å²) in [6.45, 7) is 9.24.